The van der Waals surface area contributed by atoms with E-state index in [0.717, 1.165) is 17.3 Å². The number of rotatable bonds is 6. The fourth-order valence-electron chi connectivity index (χ4n) is 5.12. The summed E-state index contributed by atoms with van der Waals surface area (Å²) in [6.45, 7) is 11.1. The molecule has 5 rings (SSSR count). The molecule has 0 aliphatic carbocycles. The van der Waals surface area contributed by atoms with Crippen molar-refractivity contribution in [3.05, 3.63) is 82.3 Å². The molecule has 8 nitrogen and oxygen atoms in total. The van der Waals surface area contributed by atoms with Crippen molar-refractivity contribution in [3.63, 3.8) is 0 Å². The minimum atomic E-state index is -4.72. The summed E-state index contributed by atoms with van der Waals surface area (Å²) < 4.78 is 48.6. The van der Waals surface area contributed by atoms with Gasteiger partial charge in [0.2, 0.25) is 0 Å². The van der Waals surface area contributed by atoms with Gasteiger partial charge >= 0.3 is 6.18 Å². The van der Waals surface area contributed by atoms with Crippen molar-refractivity contribution in [1.29, 1.82) is 0 Å². The molecular weight excluding hydrogens is 555 g/mol. The number of aliphatic hydroxyl groups is 1. The highest BCUT2D eigenvalue weighted by atomic mass is 32.1. The number of fused-ring (bicyclic) bond motifs is 1. The van der Waals surface area contributed by atoms with Gasteiger partial charge in [-0.2, -0.15) is 29.6 Å². The van der Waals surface area contributed by atoms with Gasteiger partial charge in [-0.25, -0.2) is 9.50 Å². The molecule has 0 radical (unpaired) electrons. The molecule has 3 aromatic heterocycles. The van der Waals surface area contributed by atoms with Crippen LogP contribution in [-0.4, -0.2) is 75.3 Å². The number of amides is 1. The maximum absolute atomic E-state index is 14.2. The first-order valence-electron chi connectivity index (χ1n) is 12.9. The summed E-state index contributed by atoms with van der Waals surface area (Å²) in [5.41, 5.74) is 1.56. The molecule has 1 aliphatic rings. The summed E-state index contributed by atoms with van der Waals surface area (Å²) in [5.74, 6) is 0.132. The Morgan fingerprint density at radius 3 is 2.32 bits per heavy atom. The Hall–Kier alpha value is -3.74. The van der Waals surface area contributed by atoms with E-state index in [2.05, 4.69) is 28.1 Å². The molecular formula is C29H32F3N5O3S. The standard InChI is InChI=1S/C27H28F3N5O3S.C2H4/c1-16-14-39-15-21(16)22(13-36)33-8-10-34(11-9-33)26(37)20-12-31-35-24(27(28,29)30)17(2)23(32-25(20)35)18-4-6-19(38-3)7-5-18;1-2/h4-7,12,14-15,22,36H,8-11,13H2,1-3H3;1-2H2/t22-;/m1./s1. The lowest BCUT2D eigenvalue weighted by Gasteiger charge is -2.38. The smallest absolute Gasteiger partial charge is 0.433 e. The monoisotopic (exact) mass is 587 g/mol. The molecule has 4 aromatic rings. The summed E-state index contributed by atoms with van der Waals surface area (Å²) in [7, 11) is 1.50. The summed E-state index contributed by atoms with van der Waals surface area (Å²) in [4.78, 5) is 21.8. The number of carbonyl (C=O) groups excluding carboxylic acids is 1. The zero-order valence-electron chi connectivity index (χ0n) is 23.1. The predicted molar refractivity (Wildman–Crippen MR) is 152 cm³/mol. The molecule has 218 valence electrons. The maximum atomic E-state index is 14.2. The van der Waals surface area contributed by atoms with Crippen LogP contribution < -0.4 is 4.74 Å². The molecule has 1 fully saturated rings. The van der Waals surface area contributed by atoms with Gasteiger partial charge in [-0.05, 0) is 60.0 Å². The van der Waals surface area contributed by atoms with E-state index in [1.165, 1.54) is 14.0 Å². The van der Waals surface area contributed by atoms with Gasteiger partial charge < -0.3 is 14.7 Å². The number of nitrogens with zero attached hydrogens (tertiary/aromatic N) is 5. The zero-order valence-corrected chi connectivity index (χ0v) is 23.9. The van der Waals surface area contributed by atoms with Crippen molar-refractivity contribution < 1.29 is 27.8 Å². The van der Waals surface area contributed by atoms with Crippen LogP contribution in [0.2, 0.25) is 0 Å². The summed E-state index contributed by atoms with van der Waals surface area (Å²) in [5, 5.41) is 18.1. The van der Waals surface area contributed by atoms with Crippen LogP contribution >= 0.6 is 11.3 Å². The quantitative estimate of drug-likeness (QED) is 0.305. The molecule has 0 saturated carbocycles. The minimum absolute atomic E-state index is 0.0103. The Bertz CT molecular complexity index is 1510. The van der Waals surface area contributed by atoms with Crippen LogP contribution in [0.4, 0.5) is 13.2 Å². The molecule has 41 heavy (non-hydrogen) atoms. The second-order valence-electron chi connectivity index (χ2n) is 9.49. The first-order chi connectivity index (χ1) is 19.6. The van der Waals surface area contributed by atoms with Crippen LogP contribution in [0.1, 0.15) is 38.8 Å². The van der Waals surface area contributed by atoms with Gasteiger partial charge in [-0.1, -0.05) is 0 Å². The molecule has 0 bridgehead atoms. The fourth-order valence-corrected chi connectivity index (χ4v) is 6.01. The number of piperazine rings is 1. The van der Waals surface area contributed by atoms with E-state index < -0.39 is 17.8 Å². The largest absolute Gasteiger partial charge is 0.497 e. The number of benzene rings is 1. The number of hydrogen-bond acceptors (Lipinski definition) is 7. The first kappa shape index (κ1) is 30.2. The number of aryl methyl sites for hydroxylation is 1. The van der Waals surface area contributed by atoms with Gasteiger partial charge in [0.05, 0.1) is 31.6 Å². The highest BCUT2D eigenvalue weighted by molar-refractivity contribution is 7.08. The third-order valence-electron chi connectivity index (χ3n) is 7.22. The van der Waals surface area contributed by atoms with Gasteiger partial charge in [0.15, 0.2) is 11.3 Å². The molecule has 1 aromatic carbocycles. The van der Waals surface area contributed by atoms with Crippen LogP contribution in [-0.2, 0) is 6.18 Å². The number of ether oxygens (including phenoxy) is 1. The fraction of sp³-hybridized carbons (Fsp3) is 0.345. The van der Waals surface area contributed by atoms with Gasteiger partial charge in [0.25, 0.3) is 5.91 Å². The second-order valence-corrected chi connectivity index (χ2v) is 10.2. The van der Waals surface area contributed by atoms with Gasteiger partial charge in [0.1, 0.15) is 11.3 Å². The number of halogens is 3. The number of methoxy groups -OCH3 is 1. The van der Waals surface area contributed by atoms with Gasteiger partial charge in [-0.3, -0.25) is 9.69 Å². The van der Waals surface area contributed by atoms with Crippen LogP contribution in [0.5, 0.6) is 5.75 Å². The van der Waals surface area contributed by atoms with E-state index in [-0.39, 0.29) is 35.1 Å². The summed E-state index contributed by atoms with van der Waals surface area (Å²) >= 11 is 1.58. The SMILES string of the molecule is C=C.COc1ccc(-c2nc3c(C(=O)N4CCN([C@H](CO)c5cscc5C)CC4)cnn3c(C(F)(F)F)c2C)cc1. The third-order valence-corrected chi connectivity index (χ3v) is 8.10. The van der Waals surface area contributed by atoms with E-state index in [4.69, 9.17) is 4.74 Å². The lowest BCUT2D eigenvalue weighted by molar-refractivity contribution is -0.143. The van der Waals surface area contributed by atoms with Crippen LogP contribution in [0.3, 0.4) is 0 Å². The van der Waals surface area contributed by atoms with E-state index in [0.29, 0.717) is 42.0 Å². The van der Waals surface area contributed by atoms with Gasteiger partial charge in [0, 0.05) is 37.3 Å². The predicted octanol–water partition coefficient (Wildman–Crippen LogP) is 5.40. The lowest BCUT2D eigenvalue weighted by atomic mass is 10.0. The molecule has 1 atom stereocenters. The average molecular weight is 588 g/mol. The lowest BCUT2D eigenvalue weighted by Crippen LogP contribution is -2.50. The zero-order chi connectivity index (χ0) is 29.9. The molecule has 1 amide bonds. The van der Waals surface area contributed by atoms with Crippen LogP contribution in [0.15, 0.2) is 54.4 Å². The van der Waals surface area contributed by atoms with Gasteiger partial charge in [-0.15, -0.1) is 13.2 Å². The number of alkyl halides is 3. The van der Waals surface area contributed by atoms with Crippen LogP contribution in [0, 0.1) is 13.8 Å². The minimum Gasteiger partial charge on any atom is -0.497 e. The number of aliphatic hydroxyl groups excluding tert-OH is 1. The molecule has 1 N–H and O–H groups in total. The molecule has 1 saturated heterocycles. The average Bonchev–Trinajstić information content (AvgIpc) is 3.59. The van der Waals surface area contributed by atoms with E-state index in [9.17, 15) is 23.1 Å². The highest BCUT2D eigenvalue weighted by Gasteiger charge is 2.39. The van der Waals surface area contributed by atoms with Crippen molar-refractivity contribution in [2.24, 2.45) is 0 Å². The normalized spacial score (nSPS) is 15.0. The number of aromatic nitrogens is 3. The molecule has 12 heteroatoms. The van der Waals surface area contributed by atoms with Crippen molar-refractivity contribution in [2.75, 3.05) is 39.9 Å². The Morgan fingerprint density at radius 1 is 1.12 bits per heavy atom. The van der Waals surface area contributed by atoms with E-state index in [1.807, 2.05) is 17.7 Å². The number of hydrogen-bond donors (Lipinski definition) is 1. The summed E-state index contributed by atoms with van der Waals surface area (Å²) in [6.07, 6.45) is -3.56. The van der Waals surface area contributed by atoms with E-state index in [1.54, 1.807) is 40.5 Å². The van der Waals surface area contributed by atoms with Crippen molar-refractivity contribution in [3.8, 4) is 17.0 Å². The topological polar surface area (TPSA) is 83.2 Å². The third kappa shape index (κ3) is 5.85. The molecule has 4 heterocycles. The Morgan fingerprint density at radius 2 is 1.78 bits per heavy atom. The number of thiophene rings is 1. The molecule has 0 unspecified atom stereocenters. The molecule has 0 spiro atoms. The highest BCUT2D eigenvalue weighted by Crippen LogP contribution is 2.37. The van der Waals surface area contributed by atoms with Crippen LogP contribution in [0.25, 0.3) is 16.9 Å². The van der Waals surface area contributed by atoms with Crippen molar-refractivity contribution >= 4 is 22.9 Å². The Labute approximate surface area is 240 Å². The van der Waals surface area contributed by atoms with Crippen molar-refractivity contribution in [2.45, 2.75) is 26.1 Å². The number of carbonyl (C=O) groups is 1. The maximum Gasteiger partial charge on any atom is 0.433 e. The van der Waals surface area contributed by atoms with Crippen molar-refractivity contribution in [1.82, 2.24) is 24.4 Å². The Balaban J connectivity index is 0.00000189. The molecule has 1 aliphatic heterocycles. The van der Waals surface area contributed by atoms with E-state index >= 15 is 0 Å². The Kier molecular flexibility index (Phi) is 9.15. The summed E-state index contributed by atoms with van der Waals surface area (Å²) in [6, 6.07) is 6.39. The second kappa shape index (κ2) is 12.4. The first-order valence-corrected chi connectivity index (χ1v) is 13.8.